The lowest BCUT2D eigenvalue weighted by molar-refractivity contribution is -0.144. The number of benzene rings is 1. The van der Waals surface area contributed by atoms with Gasteiger partial charge in [-0.15, -0.1) is 0 Å². The van der Waals surface area contributed by atoms with Crippen molar-refractivity contribution in [2.75, 3.05) is 5.75 Å². The Morgan fingerprint density at radius 2 is 1.95 bits per heavy atom. The van der Waals surface area contributed by atoms with Gasteiger partial charge < -0.3 is 10.2 Å². The zero-order chi connectivity index (χ0) is 15.7. The van der Waals surface area contributed by atoms with E-state index in [9.17, 15) is 18.3 Å². The fourth-order valence-electron chi connectivity index (χ4n) is 2.64. The molecule has 0 unspecified atom stereocenters. The summed E-state index contributed by atoms with van der Waals surface area (Å²) in [4.78, 5) is 11.1. The number of carbonyl (C=O) groups is 1. The van der Waals surface area contributed by atoms with Gasteiger partial charge in [-0.1, -0.05) is 22.0 Å². The van der Waals surface area contributed by atoms with Crippen LogP contribution in [0.3, 0.4) is 0 Å². The molecule has 0 amide bonds. The fraction of sp³-hybridized carbons (Fsp3) is 0.500. The molecule has 1 aliphatic rings. The van der Waals surface area contributed by atoms with E-state index < -0.39 is 27.3 Å². The predicted molar refractivity (Wildman–Crippen MR) is 80.7 cm³/mol. The SMILES string of the molecule is O=C(O)C1CCC(O)(CS(=O)(=O)c2cccc(Br)c2)CC1. The Kier molecular flexibility index (Phi) is 4.75. The highest BCUT2D eigenvalue weighted by atomic mass is 79.9. The third-order valence-corrected chi connectivity index (χ3v) is 6.26. The van der Waals surface area contributed by atoms with Crippen LogP contribution in [-0.2, 0) is 14.6 Å². The van der Waals surface area contributed by atoms with Gasteiger partial charge in [-0.3, -0.25) is 4.79 Å². The Morgan fingerprint density at radius 1 is 1.33 bits per heavy atom. The van der Waals surface area contributed by atoms with Crippen LogP contribution in [0.1, 0.15) is 25.7 Å². The molecule has 7 heteroatoms. The zero-order valence-corrected chi connectivity index (χ0v) is 13.7. The molecule has 1 aliphatic carbocycles. The summed E-state index contributed by atoms with van der Waals surface area (Å²) in [6, 6.07) is 6.35. The summed E-state index contributed by atoms with van der Waals surface area (Å²) < 4.78 is 25.4. The molecule has 1 fully saturated rings. The number of rotatable bonds is 4. The summed E-state index contributed by atoms with van der Waals surface area (Å²) >= 11 is 3.22. The quantitative estimate of drug-likeness (QED) is 0.840. The predicted octanol–water partition coefficient (Wildman–Crippen LogP) is 2.23. The molecule has 1 saturated carbocycles. The van der Waals surface area contributed by atoms with Crippen molar-refractivity contribution in [3.8, 4) is 0 Å². The van der Waals surface area contributed by atoms with Gasteiger partial charge in [-0.25, -0.2) is 8.42 Å². The lowest BCUT2D eigenvalue weighted by atomic mass is 9.80. The summed E-state index contributed by atoms with van der Waals surface area (Å²) in [6.07, 6.45) is 0.994. The number of aliphatic hydroxyl groups is 1. The molecule has 0 aliphatic heterocycles. The Bertz CT molecular complexity index is 633. The van der Waals surface area contributed by atoms with Gasteiger partial charge in [0.2, 0.25) is 0 Å². The molecule has 0 heterocycles. The highest BCUT2D eigenvalue weighted by Crippen LogP contribution is 2.34. The Hall–Kier alpha value is -0.920. The van der Waals surface area contributed by atoms with E-state index in [1.807, 2.05) is 0 Å². The maximum absolute atomic E-state index is 12.4. The number of hydrogen-bond donors (Lipinski definition) is 2. The molecule has 0 aromatic heterocycles. The Balaban J connectivity index is 2.12. The molecule has 0 spiro atoms. The topological polar surface area (TPSA) is 91.7 Å². The van der Waals surface area contributed by atoms with E-state index in [0.717, 1.165) is 0 Å². The molecule has 21 heavy (non-hydrogen) atoms. The average molecular weight is 377 g/mol. The van der Waals surface area contributed by atoms with E-state index in [0.29, 0.717) is 17.3 Å². The van der Waals surface area contributed by atoms with Crippen LogP contribution in [0.25, 0.3) is 0 Å². The molecular formula is C14H17BrO5S. The van der Waals surface area contributed by atoms with E-state index in [1.54, 1.807) is 12.1 Å². The minimum Gasteiger partial charge on any atom is -0.481 e. The molecule has 1 aromatic carbocycles. The van der Waals surface area contributed by atoms with Crippen molar-refractivity contribution in [3.63, 3.8) is 0 Å². The molecule has 2 rings (SSSR count). The molecule has 116 valence electrons. The second-order valence-electron chi connectivity index (χ2n) is 5.55. The maximum Gasteiger partial charge on any atom is 0.306 e. The van der Waals surface area contributed by atoms with E-state index in [2.05, 4.69) is 15.9 Å². The van der Waals surface area contributed by atoms with Crippen LogP contribution in [0.4, 0.5) is 0 Å². The largest absolute Gasteiger partial charge is 0.481 e. The average Bonchev–Trinajstić information content (AvgIpc) is 2.38. The van der Waals surface area contributed by atoms with Crippen LogP contribution in [0, 0.1) is 5.92 Å². The first kappa shape index (κ1) is 16.5. The van der Waals surface area contributed by atoms with Gasteiger partial charge in [0, 0.05) is 4.47 Å². The number of aliphatic carboxylic acids is 1. The van der Waals surface area contributed by atoms with Gasteiger partial charge in [-0.05, 0) is 43.9 Å². The summed E-state index contributed by atoms with van der Waals surface area (Å²) in [5.74, 6) is -1.74. The minimum atomic E-state index is -3.61. The van der Waals surface area contributed by atoms with Crippen molar-refractivity contribution < 1.29 is 23.4 Å². The van der Waals surface area contributed by atoms with Gasteiger partial charge in [0.15, 0.2) is 9.84 Å². The Morgan fingerprint density at radius 3 is 2.48 bits per heavy atom. The first-order valence-corrected chi connectivity index (χ1v) is 9.10. The van der Waals surface area contributed by atoms with Gasteiger partial charge in [0.25, 0.3) is 0 Å². The smallest absolute Gasteiger partial charge is 0.306 e. The zero-order valence-electron chi connectivity index (χ0n) is 11.3. The lowest BCUT2D eigenvalue weighted by Gasteiger charge is -2.34. The van der Waals surface area contributed by atoms with Crippen LogP contribution < -0.4 is 0 Å². The monoisotopic (exact) mass is 376 g/mol. The van der Waals surface area contributed by atoms with Gasteiger partial charge in [0.05, 0.1) is 22.2 Å². The Labute approximate surface area is 132 Å². The molecule has 2 N–H and O–H groups in total. The van der Waals surface area contributed by atoms with Crippen molar-refractivity contribution in [1.82, 2.24) is 0 Å². The molecule has 5 nitrogen and oxygen atoms in total. The van der Waals surface area contributed by atoms with Crippen molar-refractivity contribution in [2.24, 2.45) is 5.92 Å². The summed E-state index contributed by atoms with van der Waals surface area (Å²) in [5, 5.41) is 19.4. The molecular weight excluding hydrogens is 360 g/mol. The van der Waals surface area contributed by atoms with Crippen LogP contribution in [0.15, 0.2) is 33.6 Å². The van der Waals surface area contributed by atoms with E-state index >= 15 is 0 Å². The number of sulfone groups is 1. The number of carboxylic acid groups (broad SMARTS) is 1. The number of halogens is 1. The van der Waals surface area contributed by atoms with E-state index in [-0.39, 0.29) is 23.5 Å². The number of hydrogen-bond acceptors (Lipinski definition) is 4. The van der Waals surface area contributed by atoms with Gasteiger partial charge in [0.1, 0.15) is 0 Å². The van der Waals surface area contributed by atoms with Crippen LogP contribution in [-0.4, -0.2) is 36.0 Å². The highest BCUT2D eigenvalue weighted by Gasteiger charge is 2.39. The molecule has 0 bridgehead atoms. The summed E-state index contributed by atoms with van der Waals surface area (Å²) in [6.45, 7) is 0. The molecule has 0 radical (unpaired) electrons. The standard InChI is InChI=1S/C14H17BrO5S/c15-11-2-1-3-12(8-11)21(19,20)9-14(18)6-4-10(5-7-14)13(16)17/h1-3,8,10,18H,4-7,9H2,(H,16,17). The summed E-state index contributed by atoms with van der Waals surface area (Å²) in [5.41, 5.74) is -1.34. The van der Waals surface area contributed by atoms with Crippen LogP contribution in [0.2, 0.25) is 0 Å². The van der Waals surface area contributed by atoms with E-state index in [4.69, 9.17) is 5.11 Å². The lowest BCUT2D eigenvalue weighted by Crippen LogP contribution is -2.42. The first-order chi connectivity index (χ1) is 9.72. The second kappa shape index (κ2) is 6.06. The van der Waals surface area contributed by atoms with Crippen molar-refractivity contribution >= 4 is 31.7 Å². The van der Waals surface area contributed by atoms with Gasteiger partial charge >= 0.3 is 5.97 Å². The van der Waals surface area contributed by atoms with Crippen molar-refractivity contribution in [2.45, 2.75) is 36.2 Å². The highest BCUT2D eigenvalue weighted by molar-refractivity contribution is 9.10. The number of carboxylic acids is 1. The fourth-order valence-corrected chi connectivity index (χ4v) is 4.95. The van der Waals surface area contributed by atoms with E-state index in [1.165, 1.54) is 12.1 Å². The second-order valence-corrected chi connectivity index (χ2v) is 8.46. The van der Waals surface area contributed by atoms with Crippen LogP contribution in [0.5, 0.6) is 0 Å². The van der Waals surface area contributed by atoms with Crippen molar-refractivity contribution in [3.05, 3.63) is 28.7 Å². The third-order valence-electron chi connectivity index (χ3n) is 3.88. The van der Waals surface area contributed by atoms with Gasteiger partial charge in [-0.2, -0.15) is 0 Å². The molecule has 0 saturated heterocycles. The maximum atomic E-state index is 12.4. The molecule has 0 atom stereocenters. The first-order valence-electron chi connectivity index (χ1n) is 6.65. The van der Waals surface area contributed by atoms with Crippen molar-refractivity contribution in [1.29, 1.82) is 0 Å². The molecule has 1 aromatic rings. The summed E-state index contributed by atoms with van der Waals surface area (Å²) in [7, 11) is -3.61. The third kappa shape index (κ3) is 4.05. The normalized spacial score (nSPS) is 26.5. The minimum absolute atomic E-state index is 0.158. The van der Waals surface area contributed by atoms with Crippen LogP contribution >= 0.6 is 15.9 Å².